The molecule has 0 amide bonds. The van der Waals surface area contributed by atoms with Crippen LogP contribution in [0.1, 0.15) is 67.2 Å². The maximum Gasteiger partial charge on any atom is 0.418 e. The lowest BCUT2D eigenvalue weighted by Crippen LogP contribution is -2.44. The maximum atomic E-state index is 15.5. The number of β-amino-alcohol motifs (C(OH)–C–C–N with tert-alkyl or cyclic N) is 1. The second kappa shape index (κ2) is 11.7. The number of hydrogen-bond acceptors (Lipinski definition) is 9. The lowest BCUT2D eigenvalue weighted by molar-refractivity contribution is -0.140. The fourth-order valence-corrected chi connectivity index (χ4v) is 7.11. The molecule has 0 spiro atoms. The molecule has 3 N–H and O–H groups in total. The standard InChI is InChI=1S/C32H37F4N5O4/c1-4-6-20-11-22(37)27(33)25(26(20)32(34,35)36)24-12-23-21(15-44-24)28(40-9-10-43-17-30(3,42)16-40)39-29(38-23)45-18-31-7-5-8-41(31)14-19(2)13-31/h11,24,42H,2,5,7-10,12-18,37H2,1,3H3/t24-,30?,31-/m1/s1. The SMILES string of the molecule is C=C1CN2CCC[C@]2(COc2nc3c(c(N4CCOCC(C)(O)C4)n2)CO[C@@H](c2c(F)c(N)cc(C#CC)c2C(F)(F)F)C3)C1. The van der Waals surface area contributed by atoms with Gasteiger partial charge < -0.3 is 30.0 Å². The Labute approximate surface area is 259 Å². The van der Waals surface area contributed by atoms with Crippen LogP contribution in [0.15, 0.2) is 18.2 Å². The van der Waals surface area contributed by atoms with Crippen LogP contribution in [0.4, 0.5) is 29.1 Å². The van der Waals surface area contributed by atoms with Gasteiger partial charge in [-0.15, -0.1) is 5.92 Å². The average Bonchev–Trinajstić information content (AvgIpc) is 3.42. The van der Waals surface area contributed by atoms with Gasteiger partial charge in [-0.1, -0.05) is 18.1 Å². The van der Waals surface area contributed by atoms with Crippen molar-refractivity contribution >= 4 is 11.5 Å². The molecule has 0 bridgehead atoms. The highest BCUT2D eigenvalue weighted by Gasteiger charge is 2.47. The summed E-state index contributed by atoms with van der Waals surface area (Å²) in [6, 6.07) is 0.951. The number of aliphatic hydroxyl groups is 1. The summed E-state index contributed by atoms with van der Waals surface area (Å²) in [7, 11) is 0. The first-order valence-electron chi connectivity index (χ1n) is 15.0. The van der Waals surface area contributed by atoms with E-state index in [-0.39, 0.29) is 37.7 Å². The molecule has 1 aromatic heterocycles. The number of fused-ring (bicyclic) bond motifs is 2. The van der Waals surface area contributed by atoms with E-state index in [1.165, 1.54) is 6.92 Å². The number of benzene rings is 1. The molecular formula is C32H37F4N5O4. The van der Waals surface area contributed by atoms with E-state index in [1.54, 1.807) is 6.92 Å². The van der Waals surface area contributed by atoms with E-state index in [2.05, 4.69) is 28.3 Å². The van der Waals surface area contributed by atoms with Crippen molar-refractivity contribution in [2.24, 2.45) is 0 Å². The van der Waals surface area contributed by atoms with Crippen molar-refractivity contribution in [2.45, 2.75) is 69.6 Å². The second-order valence-corrected chi connectivity index (χ2v) is 12.7. The Kier molecular flexibility index (Phi) is 8.22. The van der Waals surface area contributed by atoms with Crippen molar-refractivity contribution < 1.29 is 36.9 Å². The number of nitrogens with zero attached hydrogens (tertiary/aromatic N) is 4. The normalized spacial score (nSPS) is 27.0. The lowest BCUT2D eigenvalue weighted by atomic mass is 9.90. The molecule has 0 aliphatic carbocycles. The molecule has 3 atom stereocenters. The molecule has 1 aromatic carbocycles. The van der Waals surface area contributed by atoms with Crippen LogP contribution in [0.2, 0.25) is 0 Å². The summed E-state index contributed by atoms with van der Waals surface area (Å²) in [4.78, 5) is 13.6. The molecule has 9 nitrogen and oxygen atoms in total. The van der Waals surface area contributed by atoms with Gasteiger partial charge in [0, 0.05) is 36.2 Å². The van der Waals surface area contributed by atoms with Gasteiger partial charge >= 0.3 is 12.2 Å². The maximum absolute atomic E-state index is 15.5. The third kappa shape index (κ3) is 6.08. The molecule has 45 heavy (non-hydrogen) atoms. The molecule has 3 fully saturated rings. The fraction of sp³-hybridized carbons (Fsp3) is 0.562. The van der Waals surface area contributed by atoms with Gasteiger partial charge in [-0.25, -0.2) is 4.39 Å². The molecular weight excluding hydrogens is 594 g/mol. The number of ether oxygens (including phenoxy) is 3. The van der Waals surface area contributed by atoms with Gasteiger partial charge in [-0.05, 0) is 45.7 Å². The molecule has 3 saturated heterocycles. The molecule has 1 unspecified atom stereocenters. The van der Waals surface area contributed by atoms with Gasteiger partial charge in [0.2, 0.25) is 0 Å². The van der Waals surface area contributed by atoms with Crippen LogP contribution in [0.3, 0.4) is 0 Å². The minimum atomic E-state index is -4.92. The minimum absolute atomic E-state index is 0.0505. The van der Waals surface area contributed by atoms with E-state index in [1.807, 2.05) is 4.90 Å². The Bertz CT molecular complexity index is 1570. The number of anilines is 2. The zero-order valence-corrected chi connectivity index (χ0v) is 25.4. The zero-order chi connectivity index (χ0) is 32.1. The Hall–Kier alpha value is -3.44. The Balaban J connectivity index is 1.41. The largest absolute Gasteiger partial charge is 0.461 e. The molecule has 0 saturated carbocycles. The highest BCUT2D eigenvalue weighted by atomic mass is 19.4. The second-order valence-electron chi connectivity index (χ2n) is 12.7. The summed E-state index contributed by atoms with van der Waals surface area (Å²) in [5.41, 5.74) is 3.65. The predicted octanol–water partition coefficient (Wildman–Crippen LogP) is 4.16. The van der Waals surface area contributed by atoms with Crippen molar-refractivity contribution in [3.8, 4) is 17.9 Å². The van der Waals surface area contributed by atoms with Crippen molar-refractivity contribution in [3.63, 3.8) is 0 Å². The Morgan fingerprint density at radius 1 is 1.29 bits per heavy atom. The summed E-state index contributed by atoms with van der Waals surface area (Å²) in [5, 5.41) is 10.9. The topological polar surface area (TPSA) is 106 Å². The van der Waals surface area contributed by atoms with E-state index in [9.17, 15) is 18.3 Å². The highest BCUT2D eigenvalue weighted by Crippen LogP contribution is 2.45. The van der Waals surface area contributed by atoms with E-state index in [0.717, 1.165) is 44.0 Å². The van der Waals surface area contributed by atoms with Crippen LogP contribution in [0.5, 0.6) is 6.01 Å². The van der Waals surface area contributed by atoms with Gasteiger partial charge in [-0.3, -0.25) is 4.90 Å². The van der Waals surface area contributed by atoms with Crippen LogP contribution in [-0.2, 0) is 28.7 Å². The van der Waals surface area contributed by atoms with Gasteiger partial charge in [0.15, 0.2) is 5.82 Å². The first kappa shape index (κ1) is 31.5. The monoisotopic (exact) mass is 631 g/mol. The quantitative estimate of drug-likeness (QED) is 0.218. The van der Waals surface area contributed by atoms with E-state index in [0.29, 0.717) is 36.8 Å². The fourth-order valence-electron chi connectivity index (χ4n) is 7.11. The van der Waals surface area contributed by atoms with Crippen LogP contribution in [0.25, 0.3) is 0 Å². The Morgan fingerprint density at radius 2 is 2.09 bits per heavy atom. The minimum Gasteiger partial charge on any atom is -0.461 e. The van der Waals surface area contributed by atoms with Crippen molar-refractivity contribution in [2.75, 3.05) is 56.6 Å². The summed E-state index contributed by atoms with van der Waals surface area (Å²) < 4.78 is 76.7. The highest BCUT2D eigenvalue weighted by molar-refractivity contribution is 5.59. The molecule has 242 valence electrons. The molecule has 13 heteroatoms. The summed E-state index contributed by atoms with van der Waals surface area (Å²) >= 11 is 0. The van der Waals surface area contributed by atoms with Crippen molar-refractivity contribution in [3.05, 3.63) is 52.0 Å². The first-order valence-corrected chi connectivity index (χ1v) is 15.0. The van der Waals surface area contributed by atoms with Crippen LogP contribution < -0.4 is 15.4 Å². The molecule has 0 radical (unpaired) electrons. The molecule has 4 aliphatic rings. The smallest absolute Gasteiger partial charge is 0.418 e. The van der Waals surface area contributed by atoms with Crippen LogP contribution in [-0.4, -0.2) is 77.1 Å². The number of alkyl halides is 3. The molecule has 5 heterocycles. The number of nitrogens with two attached hydrogens (primary N) is 1. The number of nitrogen functional groups attached to an aromatic ring is 1. The summed E-state index contributed by atoms with van der Waals surface area (Å²) in [6.07, 6.45) is -3.71. The summed E-state index contributed by atoms with van der Waals surface area (Å²) in [6.45, 7) is 10.1. The number of aromatic nitrogens is 2. The zero-order valence-electron chi connectivity index (χ0n) is 25.4. The van der Waals surface area contributed by atoms with E-state index >= 15 is 4.39 Å². The third-order valence-corrected chi connectivity index (χ3v) is 9.01. The van der Waals surface area contributed by atoms with Crippen LogP contribution >= 0.6 is 0 Å². The van der Waals surface area contributed by atoms with Gasteiger partial charge in [-0.2, -0.15) is 23.1 Å². The Morgan fingerprint density at radius 3 is 2.84 bits per heavy atom. The summed E-state index contributed by atoms with van der Waals surface area (Å²) in [5.74, 6) is 4.10. The van der Waals surface area contributed by atoms with Crippen molar-refractivity contribution in [1.82, 2.24) is 14.9 Å². The van der Waals surface area contributed by atoms with Gasteiger partial charge in [0.1, 0.15) is 18.0 Å². The number of rotatable bonds is 5. The van der Waals surface area contributed by atoms with Crippen molar-refractivity contribution in [1.29, 1.82) is 0 Å². The predicted molar refractivity (Wildman–Crippen MR) is 158 cm³/mol. The lowest BCUT2D eigenvalue weighted by Gasteiger charge is -2.34. The third-order valence-electron chi connectivity index (χ3n) is 9.01. The van der Waals surface area contributed by atoms with Gasteiger partial charge in [0.25, 0.3) is 0 Å². The van der Waals surface area contributed by atoms with Crippen LogP contribution in [0, 0.1) is 17.7 Å². The molecule has 6 rings (SSSR count). The number of hydrogen-bond donors (Lipinski definition) is 2. The van der Waals surface area contributed by atoms with Gasteiger partial charge in [0.05, 0.1) is 55.0 Å². The average molecular weight is 632 g/mol. The first-order chi connectivity index (χ1) is 21.3. The molecule has 4 aliphatic heterocycles. The van der Waals surface area contributed by atoms with E-state index < -0.39 is 46.1 Å². The molecule has 2 aromatic rings. The van der Waals surface area contributed by atoms with E-state index in [4.69, 9.17) is 24.9 Å². The number of halogens is 4.